The fraction of sp³-hybridized carbons (Fsp3) is 0. The molecule has 0 spiro atoms. The molecular formula is C16H11BrN2O2. The van der Waals surface area contributed by atoms with E-state index in [2.05, 4.69) is 26.2 Å². The molecule has 21 heavy (non-hydrogen) atoms. The number of halogens is 1. The molecule has 0 unspecified atom stereocenters. The summed E-state index contributed by atoms with van der Waals surface area (Å²) in [5.41, 5.74) is 0.927. The molecule has 1 heterocycles. The zero-order chi connectivity index (χ0) is 14.8. The van der Waals surface area contributed by atoms with Gasteiger partial charge < -0.3 is 10.4 Å². The Bertz CT molecular complexity index is 833. The summed E-state index contributed by atoms with van der Waals surface area (Å²) in [6, 6.07) is 14.5. The first-order valence-electron chi connectivity index (χ1n) is 6.29. The maximum Gasteiger partial charge on any atom is 0.335 e. The van der Waals surface area contributed by atoms with E-state index in [-0.39, 0.29) is 5.56 Å². The van der Waals surface area contributed by atoms with Gasteiger partial charge in [0, 0.05) is 27.1 Å². The van der Waals surface area contributed by atoms with Gasteiger partial charge in [0.25, 0.3) is 0 Å². The highest BCUT2D eigenvalue weighted by molar-refractivity contribution is 9.10. The summed E-state index contributed by atoms with van der Waals surface area (Å²) in [7, 11) is 0. The third kappa shape index (κ3) is 2.73. The minimum Gasteiger partial charge on any atom is -0.478 e. The van der Waals surface area contributed by atoms with Gasteiger partial charge in [0.15, 0.2) is 0 Å². The molecule has 0 radical (unpaired) electrons. The third-order valence-electron chi connectivity index (χ3n) is 3.13. The van der Waals surface area contributed by atoms with Crippen LogP contribution in [0.1, 0.15) is 10.4 Å². The smallest absolute Gasteiger partial charge is 0.335 e. The molecule has 5 heteroatoms. The van der Waals surface area contributed by atoms with Crippen LogP contribution in [0.5, 0.6) is 0 Å². The van der Waals surface area contributed by atoms with Crippen molar-refractivity contribution in [3.8, 4) is 0 Å². The maximum atomic E-state index is 11.0. The van der Waals surface area contributed by atoms with Gasteiger partial charge in [-0.2, -0.15) is 0 Å². The highest BCUT2D eigenvalue weighted by atomic mass is 79.9. The number of nitrogens with one attached hydrogen (secondary N) is 1. The third-order valence-corrected chi connectivity index (χ3v) is 3.82. The van der Waals surface area contributed by atoms with Crippen LogP contribution in [-0.2, 0) is 0 Å². The van der Waals surface area contributed by atoms with Gasteiger partial charge in [-0.25, -0.2) is 9.78 Å². The number of aromatic nitrogens is 1. The Hall–Kier alpha value is -2.40. The van der Waals surface area contributed by atoms with E-state index in [1.165, 1.54) is 0 Å². The topological polar surface area (TPSA) is 62.2 Å². The van der Waals surface area contributed by atoms with Crippen LogP contribution in [0.15, 0.2) is 59.2 Å². The molecule has 104 valence electrons. The van der Waals surface area contributed by atoms with Crippen LogP contribution in [0.25, 0.3) is 10.8 Å². The van der Waals surface area contributed by atoms with Gasteiger partial charge in [0.1, 0.15) is 5.82 Å². The zero-order valence-electron chi connectivity index (χ0n) is 10.9. The number of fused-ring (bicyclic) bond motifs is 1. The minimum atomic E-state index is -0.952. The van der Waals surface area contributed by atoms with Crippen LogP contribution in [0.4, 0.5) is 11.5 Å². The van der Waals surface area contributed by atoms with Gasteiger partial charge >= 0.3 is 5.97 Å². The van der Waals surface area contributed by atoms with Gasteiger partial charge in [0.05, 0.1) is 5.56 Å². The number of pyridine rings is 1. The lowest BCUT2D eigenvalue weighted by Crippen LogP contribution is -1.99. The molecule has 0 aliphatic carbocycles. The molecule has 0 atom stereocenters. The molecule has 0 saturated carbocycles. The molecule has 0 aliphatic rings. The van der Waals surface area contributed by atoms with E-state index in [1.807, 2.05) is 30.3 Å². The van der Waals surface area contributed by atoms with E-state index in [9.17, 15) is 4.79 Å². The number of nitrogens with zero attached hydrogens (tertiary/aromatic N) is 1. The number of hydrogen-bond acceptors (Lipinski definition) is 3. The molecule has 3 aromatic rings. The lowest BCUT2D eigenvalue weighted by molar-refractivity contribution is 0.0697. The van der Waals surface area contributed by atoms with Gasteiger partial charge in [0.2, 0.25) is 0 Å². The summed E-state index contributed by atoms with van der Waals surface area (Å²) in [5, 5.41) is 14.2. The standard InChI is InChI=1S/C16H11BrN2O2/c17-14-6-2-5-13-12(14)7-8-18-15(13)19-11-4-1-3-10(9-11)16(20)21/h1-9H,(H,18,19)(H,20,21). The summed E-state index contributed by atoms with van der Waals surface area (Å²) >= 11 is 3.51. The average Bonchev–Trinajstić information content (AvgIpc) is 2.49. The first-order chi connectivity index (χ1) is 10.1. The molecule has 0 amide bonds. The van der Waals surface area contributed by atoms with Crippen LogP contribution < -0.4 is 5.32 Å². The van der Waals surface area contributed by atoms with Crippen LogP contribution in [0, 0.1) is 0 Å². The second-order valence-electron chi connectivity index (χ2n) is 4.51. The zero-order valence-corrected chi connectivity index (χ0v) is 12.5. The quantitative estimate of drug-likeness (QED) is 0.738. The van der Waals surface area contributed by atoms with Gasteiger partial charge in [-0.05, 0) is 30.3 Å². The van der Waals surface area contributed by atoms with Crippen molar-refractivity contribution in [1.29, 1.82) is 0 Å². The predicted octanol–water partition coefficient (Wildman–Crippen LogP) is 4.44. The Morgan fingerprint density at radius 1 is 1.10 bits per heavy atom. The maximum absolute atomic E-state index is 11.0. The van der Waals surface area contributed by atoms with Gasteiger partial charge in [-0.1, -0.05) is 34.1 Å². The second kappa shape index (κ2) is 5.54. The Morgan fingerprint density at radius 2 is 1.90 bits per heavy atom. The number of aromatic carboxylic acids is 1. The van der Waals surface area contributed by atoms with Crippen molar-refractivity contribution in [2.24, 2.45) is 0 Å². The SMILES string of the molecule is O=C(O)c1cccc(Nc2nccc3c(Br)cccc23)c1. The fourth-order valence-electron chi connectivity index (χ4n) is 2.14. The number of carboxylic acid groups (broad SMARTS) is 1. The Morgan fingerprint density at radius 3 is 2.71 bits per heavy atom. The lowest BCUT2D eigenvalue weighted by Gasteiger charge is -2.10. The molecule has 2 N–H and O–H groups in total. The number of hydrogen-bond donors (Lipinski definition) is 2. The van der Waals surface area contributed by atoms with Gasteiger partial charge in [-0.3, -0.25) is 0 Å². The largest absolute Gasteiger partial charge is 0.478 e. The summed E-state index contributed by atoms with van der Waals surface area (Å²) in [6.45, 7) is 0. The van der Waals surface area contributed by atoms with E-state index in [0.717, 1.165) is 15.2 Å². The average molecular weight is 343 g/mol. The van der Waals surface area contributed by atoms with Crippen LogP contribution in [0.2, 0.25) is 0 Å². The van der Waals surface area contributed by atoms with Crippen LogP contribution in [0.3, 0.4) is 0 Å². The number of rotatable bonds is 3. The Balaban J connectivity index is 2.04. The lowest BCUT2D eigenvalue weighted by atomic mass is 10.1. The van der Waals surface area contributed by atoms with Gasteiger partial charge in [-0.15, -0.1) is 0 Å². The van der Waals surface area contributed by atoms with E-state index < -0.39 is 5.97 Å². The monoisotopic (exact) mass is 342 g/mol. The number of carboxylic acids is 1. The molecular weight excluding hydrogens is 332 g/mol. The molecule has 0 fully saturated rings. The fourth-order valence-corrected chi connectivity index (χ4v) is 2.63. The van der Waals surface area contributed by atoms with Crippen LogP contribution >= 0.6 is 15.9 Å². The van der Waals surface area contributed by atoms with Crippen molar-refractivity contribution in [1.82, 2.24) is 4.98 Å². The van der Waals surface area contributed by atoms with Crippen LogP contribution in [-0.4, -0.2) is 16.1 Å². The van der Waals surface area contributed by atoms with Crippen molar-refractivity contribution in [2.45, 2.75) is 0 Å². The summed E-state index contributed by atoms with van der Waals surface area (Å²) in [6.07, 6.45) is 1.72. The molecule has 0 aliphatic heterocycles. The highest BCUT2D eigenvalue weighted by Crippen LogP contribution is 2.29. The van der Waals surface area contributed by atoms with Crippen molar-refractivity contribution in [3.05, 3.63) is 64.8 Å². The second-order valence-corrected chi connectivity index (χ2v) is 5.36. The van der Waals surface area contributed by atoms with Crippen molar-refractivity contribution in [2.75, 3.05) is 5.32 Å². The summed E-state index contributed by atoms with van der Waals surface area (Å²) < 4.78 is 0.990. The number of anilines is 2. The summed E-state index contributed by atoms with van der Waals surface area (Å²) in [5.74, 6) is -0.261. The van der Waals surface area contributed by atoms with E-state index in [4.69, 9.17) is 5.11 Å². The number of carbonyl (C=O) groups is 1. The van der Waals surface area contributed by atoms with Crippen molar-refractivity contribution < 1.29 is 9.90 Å². The minimum absolute atomic E-state index is 0.237. The molecule has 4 nitrogen and oxygen atoms in total. The molecule has 2 aromatic carbocycles. The molecule has 3 rings (SSSR count). The Labute approximate surface area is 129 Å². The molecule has 0 bridgehead atoms. The highest BCUT2D eigenvalue weighted by Gasteiger charge is 2.07. The predicted molar refractivity (Wildman–Crippen MR) is 86.1 cm³/mol. The Kier molecular flexibility index (Phi) is 3.58. The molecule has 0 saturated heterocycles. The first kappa shape index (κ1) is 13.6. The normalized spacial score (nSPS) is 10.5. The van der Waals surface area contributed by atoms with E-state index in [1.54, 1.807) is 24.4 Å². The number of benzene rings is 2. The first-order valence-corrected chi connectivity index (χ1v) is 7.08. The summed E-state index contributed by atoms with van der Waals surface area (Å²) in [4.78, 5) is 15.4. The van der Waals surface area contributed by atoms with Crippen molar-refractivity contribution in [3.63, 3.8) is 0 Å². The van der Waals surface area contributed by atoms with E-state index in [0.29, 0.717) is 11.5 Å². The molecule has 1 aromatic heterocycles. The van der Waals surface area contributed by atoms with Crippen molar-refractivity contribution >= 4 is 44.2 Å². The van der Waals surface area contributed by atoms with E-state index >= 15 is 0 Å².